The van der Waals surface area contributed by atoms with Gasteiger partial charge < -0.3 is 0 Å². The van der Waals surface area contributed by atoms with Gasteiger partial charge >= 0.3 is 0 Å². The topological polar surface area (TPSA) is 41.6 Å². The fourth-order valence-electron chi connectivity index (χ4n) is 1.65. The minimum Gasteiger partial charge on any atom is -0.264 e. The molecule has 1 N–H and O–H groups in total. The molecule has 16 heavy (non-hydrogen) atoms. The van der Waals surface area contributed by atoms with E-state index in [0.717, 1.165) is 21.3 Å². The number of pyridine rings is 1. The predicted molar refractivity (Wildman–Crippen MR) is 68.0 cm³/mol. The van der Waals surface area contributed by atoms with Crippen LogP contribution in [-0.2, 0) is 0 Å². The Morgan fingerprint density at radius 1 is 1.25 bits per heavy atom. The molecule has 3 nitrogen and oxygen atoms in total. The van der Waals surface area contributed by atoms with E-state index in [1.807, 2.05) is 30.5 Å². The van der Waals surface area contributed by atoms with Crippen molar-refractivity contribution in [2.24, 2.45) is 0 Å². The number of fused-ring (bicyclic) bond motifs is 1. The zero-order chi connectivity index (χ0) is 11.0. The Morgan fingerprint density at radius 3 is 3.00 bits per heavy atom. The normalized spacial score (nSPS) is 10.8. The maximum absolute atomic E-state index is 5.04. The molecule has 0 spiro atoms. The predicted octanol–water partition coefficient (Wildman–Crippen LogP) is 3.42. The quantitative estimate of drug-likeness (QED) is 0.668. The Kier molecular flexibility index (Phi) is 2.27. The van der Waals surface area contributed by atoms with E-state index < -0.39 is 0 Å². The lowest BCUT2D eigenvalue weighted by Gasteiger charge is -2.01. The van der Waals surface area contributed by atoms with E-state index in [-0.39, 0.29) is 0 Å². The second kappa shape index (κ2) is 3.77. The van der Waals surface area contributed by atoms with Crippen molar-refractivity contribution < 1.29 is 0 Å². The number of H-pyrrole nitrogens is 1. The molecule has 0 amide bonds. The highest BCUT2D eigenvalue weighted by Gasteiger charge is 2.06. The second-order valence-corrected chi connectivity index (χ2v) is 4.99. The summed E-state index contributed by atoms with van der Waals surface area (Å²) in [6.45, 7) is 0. The van der Waals surface area contributed by atoms with Crippen molar-refractivity contribution in [2.75, 3.05) is 0 Å². The zero-order valence-electron chi connectivity index (χ0n) is 8.18. The zero-order valence-corrected chi connectivity index (χ0v) is 9.81. The van der Waals surface area contributed by atoms with Crippen molar-refractivity contribution in [3.05, 3.63) is 40.6 Å². The van der Waals surface area contributed by atoms with Crippen LogP contribution in [0.3, 0.4) is 0 Å². The number of aromatic amines is 1. The Balaban J connectivity index is 2.35. The van der Waals surface area contributed by atoms with Crippen molar-refractivity contribution in [3.8, 4) is 10.6 Å². The maximum Gasteiger partial charge on any atom is 0.176 e. The van der Waals surface area contributed by atoms with E-state index in [9.17, 15) is 0 Å². The fraction of sp³-hybridized carbons (Fsp3) is 0. The number of nitrogens with one attached hydrogen (secondary N) is 1. The lowest BCUT2D eigenvalue weighted by molar-refractivity contribution is 1.08. The average molecular weight is 245 g/mol. The molecular formula is C11H7N3S2. The number of nitrogens with zero attached hydrogens (tertiary/aromatic N) is 2. The van der Waals surface area contributed by atoms with Gasteiger partial charge in [0, 0.05) is 23.3 Å². The minimum absolute atomic E-state index is 0.695. The molecule has 0 atom stereocenters. The highest BCUT2D eigenvalue weighted by molar-refractivity contribution is 7.73. The molecule has 78 valence electrons. The van der Waals surface area contributed by atoms with Gasteiger partial charge in [0.05, 0.1) is 0 Å². The summed E-state index contributed by atoms with van der Waals surface area (Å²) in [7, 11) is 0. The summed E-state index contributed by atoms with van der Waals surface area (Å²) in [6.07, 6.45) is 3.64. The van der Waals surface area contributed by atoms with Crippen LogP contribution < -0.4 is 0 Å². The average Bonchev–Trinajstić information content (AvgIpc) is 2.75. The second-order valence-electron chi connectivity index (χ2n) is 3.32. The van der Waals surface area contributed by atoms with Crippen LogP contribution >= 0.6 is 23.6 Å². The van der Waals surface area contributed by atoms with Crippen molar-refractivity contribution in [1.82, 2.24) is 15.2 Å². The van der Waals surface area contributed by atoms with Gasteiger partial charge in [0.15, 0.2) is 3.95 Å². The molecule has 0 bridgehead atoms. The van der Waals surface area contributed by atoms with Crippen molar-refractivity contribution in [3.63, 3.8) is 0 Å². The summed E-state index contributed by atoms with van der Waals surface area (Å²) in [5, 5.41) is 10.2. The molecule has 0 aliphatic rings. The van der Waals surface area contributed by atoms with E-state index in [0.29, 0.717) is 3.95 Å². The van der Waals surface area contributed by atoms with Gasteiger partial charge in [0.2, 0.25) is 0 Å². The largest absolute Gasteiger partial charge is 0.264 e. The first-order valence-corrected chi connectivity index (χ1v) is 5.96. The van der Waals surface area contributed by atoms with Gasteiger partial charge in [-0.25, -0.2) is 0 Å². The van der Waals surface area contributed by atoms with Crippen molar-refractivity contribution in [2.45, 2.75) is 0 Å². The summed E-state index contributed by atoms with van der Waals surface area (Å²) in [5.74, 6) is 0. The van der Waals surface area contributed by atoms with Crippen LogP contribution in [0.4, 0.5) is 0 Å². The molecule has 3 aromatic rings. The van der Waals surface area contributed by atoms with Gasteiger partial charge in [-0.3, -0.25) is 10.1 Å². The summed E-state index contributed by atoms with van der Waals surface area (Å²) in [4.78, 5) is 4.11. The smallest absolute Gasteiger partial charge is 0.176 e. The Labute approximate surface area is 101 Å². The Morgan fingerprint density at radius 2 is 2.19 bits per heavy atom. The molecule has 0 saturated carbocycles. The van der Waals surface area contributed by atoms with Crippen LogP contribution in [0.2, 0.25) is 0 Å². The van der Waals surface area contributed by atoms with E-state index in [1.165, 1.54) is 11.3 Å². The molecule has 0 saturated heterocycles. The first kappa shape index (κ1) is 9.62. The number of hydrogen-bond donors (Lipinski definition) is 1. The first-order chi connectivity index (χ1) is 7.84. The number of hydrogen-bond acceptors (Lipinski definition) is 4. The van der Waals surface area contributed by atoms with Crippen LogP contribution in [0.5, 0.6) is 0 Å². The van der Waals surface area contributed by atoms with Gasteiger partial charge in [-0.2, -0.15) is 5.10 Å². The molecular weight excluding hydrogens is 238 g/mol. The van der Waals surface area contributed by atoms with E-state index in [4.69, 9.17) is 12.2 Å². The molecule has 0 unspecified atom stereocenters. The molecule has 5 heteroatoms. The highest BCUT2D eigenvalue weighted by Crippen LogP contribution is 2.29. The monoisotopic (exact) mass is 245 g/mol. The lowest BCUT2D eigenvalue weighted by atomic mass is 10.1. The van der Waals surface area contributed by atoms with Crippen LogP contribution in [-0.4, -0.2) is 15.2 Å². The molecule has 2 aromatic heterocycles. The fourth-order valence-corrected chi connectivity index (χ4v) is 2.58. The SMILES string of the molecule is S=c1[nH]nc(-c2cccc3cnccc23)s1. The molecule has 2 heterocycles. The van der Waals surface area contributed by atoms with Gasteiger partial charge in [-0.05, 0) is 23.7 Å². The third-order valence-corrected chi connectivity index (χ3v) is 3.47. The van der Waals surface area contributed by atoms with Gasteiger partial charge in [-0.1, -0.05) is 29.5 Å². The van der Waals surface area contributed by atoms with Crippen LogP contribution in [0, 0.1) is 3.95 Å². The van der Waals surface area contributed by atoms with Crippen molar-refractivity contribution in [1.29, 1.82) is 0 Å². The summed E-state index contributed by atoms with van der Waals surface area (Å²) in [6, 6.07) is 8.08. The molecule has 0 radical (unpaired) electrons. The third-order valence-electron chi connectivity index (χ3n) is 2.35. The summed E-state index contributed by atoms with van der Waals surface area (Å²) < 4.78 is 0.695. The Bertz CT molecular complexity index is 694. The van der Waals surface area contributed by atoms with Gasteiger partial charge in [0.25, 0.3) is 0 Å². The first-order valence-electron chi connectivity index (χ1n) is 4.73. The number of aromatic nitrogens is 3. The van der Waals surface area contributed by atoms with Crippen LogP contribution in [0.15, 0.2) is 36.7 Å². The lowest BCUT2D eigenvalue weighted by Crippen LogP contribution is -1.81. The van der Waals surface area contributed by atoms with Crippen LogP contribution in [0.25, 0.3) is 21.3 Å². The maximum atomic E-state index is 5.04. The van der Waals surface area contributed by atoms with Gasteiger partial charge in [-0.15, -0.1) is 0 Å². The number of benzene rings is 1. The number of rotatable bonds is 1. The van der Waals surface area contributed by atoms with Crippen LogP contribution in [0.1, 0.15) is 0 Å². The summed E-state index contributed by atoms with van der Waals surface area (Å²) in [5.41, 5.74) is 1.09. The van der Waals surface area contributed by atoms with E-state index in [2.05, 4.69) is 15.2 Å². The molecule has 0 fully saturated rings. The standard InChI is InChI=1S/C11H7N3S2/c15-11-14-13-10(16-11)9-3-1-2-7-6-12-5-4-8(7)9/h1-6H,(H,14,15). The Hall–Kier alpha value is -1.59. The van der Waals surface area contributed by atoms with Gasteiger partial charge in [0.1, 0.15) is 5.01 Å². The molecule has 0 aliphatic carbocycles. The van der Waals surface area contributed by atoms with Crippen molar-refractivity contribution >= 4 is 34.3 Å². The molecule has 1 aromatic carbocycles. The minimum atomic E-state index is 0.695. The molecule has 3 rings (SSSR count). The van der Waals surface area contributed by atoms with E-state index in [1.54, 1.807) is 6.20 Å². The molecule has 0 aliphatic heterocycles. The third kappa shape index (κ3) is 1.54. The van der Waals surface area contributed by atoms with E-state index >= 15 is 0 Å². The highest BCUT2D eigenvalue weighted by atomic mass is 32.1. The summed E-state index contributed by atoms with van der Waals surface area (Å²) >= 11 is 6.53.